The van der Waals surface area contributed by atoms with Crippen LogP contribution in [0.3, 0.4) is 0 Å². The summed E-state index contributed by atoms with van der Waals surface area (Å²) in [5.41, 5.74) is -2.54. The first kappa shape index (κ1) is 21.5. The summed E-state index contributed by atoms with van der Waals surface area (Å²) in [7, 11) is 0. The molecule has 2 aliphatic carbocycles. The summed E-state index contributed by atoms with van der Waals surface area (Å²) >= 11 is 0. The topological polar surface area (TPSA) is 75.7 Å². The Hall–Kier alpha value is -2.18. The van der Waals surface area contributed by atoms with Crippen molar-refractivity contribution in [2.45, 2.75) is 88.3 Å². The molecule has 0 saturated heterocycles. The van der Waals surface area contributed by atoms with Crippen molar-refractivity contribution in [3.8, 4) is 5.75 Å². The molecular formula is C22H27F2O5-. The number of carbonyl (C=O) groups excluding carboxylic acids is 2. The number of rotatable bonds is 6. The van der Waals surface area contributed by atoms with Gasteiger partial charge in [0, 0.05) is 0 Å². The number of carbonyl (C=O) groups is 2. The van der Waals surface area contributed by atoms with Gasteiger partial charge in [0.15, 0.2) is 5.60 Å². The molecule has 0 spiro atoms. The quantitative estimate of drug-likeness (QED) is 0.663. The monoisotopic (exact) mass is 409 g/mol. The summed E-state index contributed by atoms with van der Waals surface area (Å²) in [5, 5.41) is 11.0. The molecule has 1 aromatic rings. The van der Waals surface area contributed by atoms with Gasteiger partial charge in [-0.1, -0.05) is 12.8 Å². The van der Waals surface area contributed by atoms with Crippen molar-refractivity contribution < 1.29 is 33.0 Å². The van der Waals surface area contributed by atoms with Crippen LogP contribution < -0.4 is 9.84 Å². The number of alkyl halides is 2. The lowest BCUT2D eigenvalue weighted by Crippen LogP contribution is -2.61. The fourth-order valence-corrected chi connectivity index (χ4v) is 4.37. The van der Waals surface area contributed by atoms with E-state index in [2.05, 4.69) is 6.92 Å². The minimum Gasteiger partial charge on any atom is -0.544 e. The van der Waals surface area contributed by atoms with Crippen molar-refractivity contribution in [1.29, 1.82) is 0 Å². The van der Waals surface area contributed by atoms with Gasteiger partial charge in [-0.25, -0.2) is 4.79 Å². The highest BCUT2D eigenvalue weighted by Gasteiger charge is 2.58. The van der Waals surface area contributed by atoms with Gasteiger partial charge in [-0.15, -0.1) is 0 Å². The second-order valence-electron chi connectivity index (χ2n) is 8.44. The number of hydrogen-bond acceptors (Lipinski definition) is 5. The van der Waals surface area contributed by atoms with Crippen molar-refractivity contribution in [1.82, 2.24) is 0 Å². The zero-order valence-electron chi connectivity index (χ0n) is 16.7. The molecule has 5 nitrogen and oxygen atoms in total. The molecule has 0 aliphatic heterocycles. The summed E-state index contributed by atoms with van der Waals surface area (Å²) in [6, 6.07) is 6.14. The highest BCUT2D eigenvalue weighted by molar-refractivity contribution is 5.90. The number of ether oxygens (including phenoxy) is 2. The molecule has 0 heterocycles. The van der Waals surface area contributed by atoms with Crippen molar-refractivity contribution in [2.75, 3.05) is 0 Å². The summed E-state index contributed by atoms with van der Waals surface area (Å²) in [6.45, 7) is 2.06. The van der Waals surface area contributed by atoms with Crippen molar-refractivity contribution in [3.05, 3.63) is 29.8 Å². The maximum absolute atomic E-state index is 14.4. The number of benzene rings is 1. The van der Waals surface area contributed by atoms with Gasteiger partial charge in [0.1, 0.15) is 17.3 Å². The average molecular weight is 409 g/mol. The van der Waals surface area contributed by atoms with Crippen molar-refractivity contribution in [3.63, 3.8) is 0 Å². The van der Waals surface area contributed by atoms with E-state index in [4.69, 9.17) is 9.47 Å². The summed E-state index contributed by atoms with van der Waals surface area (Å²) < 4.78 is 40.0. The number of carboxylic acid groups (broad SMARTS) is 1. The Morgan fingerprint density at radius 1 is 0.931 bits per heavy atom. The highest BCUT2D eigenvalue weighted by Crippen LogP contribution is 2.44. The minimum absolute atomic E-state index is 0.0743. The predicted octanol–water partition coefficient (Wildman–Crippen LogP) is 4.03. The smallest absolute Gasteiger partial charge is 0.338 e. The van der Waals surface area contributed by atoms with Crippen molar-refractivity contribution in [2.24, 2.45) is 0 Å². The number of carboxylic acids is 1. The Labute approximate surface area is 169 Å². The average Bonchev–Trinajstić information content (AvgIpc) is 2.69. The summed E-state index contributed by atoms with van der Waals surface area (Å²) in [6.07, 6.45) is 6.32. The standard InChI is InChI=1S/C22H28F2O5/c1-20(12-4-2-5-13-20)28-17-10-8-16(9-11-17)18(25)29-21(14-6-3-7-15-21)22(23,24)19(26)27/h8-11H,2-7,12-15H2,1H3,(H,26,27)/p-1. The van der Waals surface area contributed by atoms with Crippen molar-refractivity contribution >= 4 is 11.9 Å². The van der Waals surface area contributed by atoms with E-state index in [1.54, 1.807) is 12.1 Å². The number of aliphatic carboxylic acids is 1. The van der Waals surface area contributed by atoms with Gasteiger partial charge in [-0.2, -0.15) is 8.78 Å². The SMILES string of the molecule is CC1(Oc2ccc(C(=O)OC3(C(F)(F)C(=O)[O-])CCCCC3)cc2)CCCCC1. The van der Waals surface area contributed by atoms with Gasteiger partial charge >= 0.3 is 11.9 Å². The van der Waals surface area contributed by atoms with E-state index in [9.17, 15) is 23.5 Å². The first-order valence-corrected chi connectivity index (χ1v) is 10.3. The zero-order valence-corrected chi connectivity index (χ0v) is 16.7. The lowest BCUT2D eigenvalue weighted by atomic mass is 9.79. The van der Waals surface area contributed by atoms with E-state index in [0.29, 0.717) is 25.0 Å². The molecule has 2 fully saturated rings. The van der Waals surface area contributed by atoms with E-state index in [-0.39, 0.29) is 24.0 Å². The Balaban J connectivity index is 1.73. The molecule has 160 valence electrons. The molecular weight excluding hydrogens is 382 g/mol. The number of halogens is 2. The van der Waals surface area contributed by atoms with Crippen LogP contribution in [0.25, 0.3) is 0 Å². The van der Waals surface area contributed by atoms with Crippen LogP contribution in [0.2, 0.25) is 0 Å². The molecule has 29 heavy (non-hydrogen) atoms. The molecule has 0 unspecified atom stereocenters. The Morgan fingerprint density at radius 3 is 1.97 bits per heavy atom. The van der Waals surface area contributed by atoms with Crippen LogP contribution >= 0.6 is 0 Å². The molecule has 0 N–H and O–H groups in total. The first-order valence-electron chi connectivity index (χ1n) is 10.3. The Kier molecular flexibility index (Phi) is 6.15. The van der Waals surface area contributed by atoms with Crippen LogP contribution in [-0.2, 0) is 9.53 Å². The summed E-state index contributed by atoms with van der Waals surface area (Å²) in [4.78, 5) is 23.6. The van der Waals surface area contributed by atoms with Gasteiger partial charge in [0.25, 0.3) is 0 Å². The fourth-order valence-electron chi connectivity index (χ4n) is 4.37. The molecule has 0 atom stereocenters. The van der Waals surface area contributed by atoms with Gasteiger partial charge in [0.2, 0.25) is 0 Å². The van der Waals surface area contributed by atoms with Crippen LogP contribution in [-0.4, -0.2) is 29.1 Å². The third-order valence-electron chi connectivity index (χ3n) is 6.14. The highest BCUT2D eigenvalue weighted by atomic mass is 19.3. The third-order valence-corrected chi connectivity index (χ3v) is 6.14. The minimum atomic E-state index is -4.25. The number of esters is 1. The van der Waals surface area contributed by atoms with Crippen LogP contribution in [0.4, 0.5) is 8.78 Å². The second-order valence-corrected chi connectivity index (χ2v) is 8.44. The molecule has 3 rings (SSSR count). The number of hydrogen-bond donors (Lipinski definition) is 0. The maximum Gasteiger partial charge on any atom is 0.338 e. The Morgan fingerprint density at radius 2 is 1.45 bits per heavy atom. The van der Waals surface area contributed by atoms with E-state index < -0.39 is 23.5 Å². The van der Waals surface area contributed by atoms with Crippen LogP contribution in [0.1, 0.15) is 81.5 Å². The van der Waals surface area contributed by atoms with Gasteiger partial charge < -0.3 is 19.4 Å². The molecule has 0 amide bonds. The molecule has 2 saturated carbocycles. The van der Waals surface area contributed by atoms with E-state index >= 15 is 0 Å². The molecule has 0 radical (unpaired) electrons. The molecule has 0 aromatic heterocycles. The summed E-state index contributed by atoms with van der Waals surface area (Å²) in [5.74, 6) is -7.14. The van der Waals surface area contributed by atoms with Crippen LogP contribution in [0, 0.1) is 0 Å². The zero-order chi connectivity index (χ0) is 21.1. The van der Waals surface area contributed by atoms with E-state index in [0.717, 1.165) is 25.7 Å². The molecule has 2 aliphatic rings. The van der Waals surface area contributed by atoms with E-state index in [1.807, 2.05) is 0 Å². The van der Waals surface area contributed by atoms with Crippen LogP contribution in [0.15, 0.2) is 24.3 Å². The van der Waals surface area contributed by atoms with Crippen LogP contribution in [0.5, 0.6) is 5.75 Å². The van der Waals surface area contributed by atoms with Gasteiger partial charge in [-0.3, -0.25) is 0 Å². The molecule has 0 bridgehead atoms. The first-order chi connectivity index (χ1) is 13.7. The van der Waals surface area contributed by atoms with Gasteiger partial charge in [0.05, 0.1) is 5.56 Å². The lowest BCUT2D eigenvalue weighted by molar-refractivity contribution is -0.345. The molecule has 1 aromatic carbocycles. The largest absolute Gasteiger partial charge is 0.544 e. The second kappa shape index (κ2) is 8.28. The fraction of sp³-hybridized carbons (Fsp3) is 0.636. The normalized spacial score (nSPS) is 21.2. The predicted molar refractivity (Wildman–Crippen MR) is 99.7 cm³/mol. The van der Waals surface area contributed by atoms with E-state index in [1.165, 1.54) is 18.6 Å². The van der Waals surface area contributed by atoms with Gasteiger partial charge in [-0.05, 0) is 82.6 Å². The maximum atomic E-state index is 14.4. The third kappa shape index (κ3) is 4.54. The Bertz CT molecular complexity index is 732. The lowest BCUT2D eigenvalue weighted by Gasteiger charge is -2.42. The molecule has 7 heteroatoms.